The molecular weight excluding hydrogens is 320 g/mol. The lowest BCUT2D eigenvalue weighted by Crippen LogP contribution is -2.09. The molecule has 2 aromatic carbocycles. The zero-order chi connectivity index (χ0) is 18.2. The summed E-state index contributed by atoms with van der Waals surface area (Å²) in [5.74, 6) is 15.5. The summed E-state index contributed by atoms with van der Waals surface area (Å²) in [5.41, 5.74) is 2.35. The van der Waals surface area contributed by atoms with E-state index in [-0.39, 0.29) is 11.8 Å². The van der Waals surface area contributed by atoms with Gasteiger partial charge in [0.05, 0.1) is 26.1 Å². The molecule has 0 bridgehead atoms. The third-order valence-corrected chi connectivity index (χ3v) is 4.65. The van der Waals surface area contributed by atoms with Gasteiger partial charge in [0.15, 0.2) is 0 Å². The summed E-state index contributed by atoms with van der Waals surface area (Å²) in [7, 11) is 3.37. The van der Waals surface area contributed by atoms with Crippen LogP contribution >= 0.6 is 0 Å². The Labute approximate surface area is 156 Å². The second-order valence-corrected chi connectivity index (χ2v) is 6.35. The highest BCUT2D eigenvalue weighted by Crippen LogP contribution is 2.34. The first-order valence-electron chi connectivity index (χ1n) is 9.06. The first kappa shape index (κ1) is 18.0. The topological polar surface area (TPSA) is 18.5 Å². The van der Waals surface area contributed by atoms with Crippen molar-refractivity contribution < 1.29 is 9.47 Å². The van der Waals surface area contributed by atoms with E-state index in [1.807, 2.05) is 24.3 Å². The zero-order valence-electron chi connectivity index (χ0n) is 15.4. The molecule has 0 heterocycles. The summed E-state index contributed by atoms with van der Waals surface area (Å²) in [4.78, 5) is 0. The van der Waals surface area contributed by atoms with Crippen molar-refractivity contribution in [2.75, 3.05) is 14.2 Å². The van der Waals surface area contributed by atoms with Crippen LogP contribution in [0.2, 0.25) is 0 Å². The minimum Gasteiger partial charge on any atom is -0.497 e. The van der Waals surface area contributed by atoms with Crippen LogP contribution in [0.1, 0.15) is 48.6 Å². The number of hydrogen-bond acceptors (Lipinski definition) is 2. The predicted octanol–water partition coefficient (Wildman–Crippen LogP) is 5.15. The molecule has 0 saturated heterocycles. The highest BCUT2D eigenvalue weighted by Gasteiger charge is 2.22. The quantitative estimate of drug-likeness (QED) is 0.714. The third-order valence-electron chi connectivity index (χ3n) is 4.65. The van der Waals surface area contributed by atoms with Gasteiger partial charge in [0.1, 0.15) is 11.5 Å². The molecule has 2 aromatic rings. The molecule has 0 aromatic heterocycles. The molecule has 1 aliphatic carbocycles. The Hall–Kier alpha value is -2.84. The van der Waals surface area contributed by atoms with Gasteiger partial charge in [0, 0.05) is 12.8 Å². The van der Waals surface area contributed by atoms with Crippen LogP contribution in [0.25, 0.3) is 0 Å². The molecule has 0 radical (unpaired) electrons. The van der Waals surface area contributed by atoms with E-state index in [9.17, 15) is 0 Å². The maximum absolute atomic E-state index is 5.30. The minimum absolute atomic E-state index is 0.0416. The second kappa shape index (κ2) is 9.02. The zero-order valence-corrected chi connectivity index (χ0v) is 15.4. The molecule has 2 heteroatoms. The second-order valence-electron chi connectivity index (χ2n) is 6.35. The lowest BCUT2D eigenvalue weighted by molar-refractivity contribution is 0.414. The highest BCUT2D eigenvalue weighted by atomic mass is 16.5. The van der Waals surface area contributed by atoms with E-state index in [4.69, 9.17) is 9.47 Å². The van der Waals surface area contributed by atoms with Crippen LogP contribution < -0.4 is 9.47 Å². The Morgan fingerprint density at radius 3 is 1.38 bits per heavy atom. The van der Waals surface area contributed by atoms with Crippen molar-refractivity contribution in [1.82, 2.24) is 0 Å². The Kier molecular flexibility index (Phi) is 6.24. The average molecular weight is 344 g/mol. The van der Waals surface area contributed by atoms with Crippen LogP contribution in [0.15, 0.2) is 48.5 Å². The summed E-state index contributed by atoms with van der Waals surface area (Å²) in [6.45, 7) is 0. The van der Waals surface area contributed by atoms with Gasteiger partial charge in [-0.3, -0.25) is 0 Å². The van der Waals surface area contributed by atoms with Crippen LogP contribution in [0.4, 0.5) is 0 Å². The van der Waals surface area contributed by atoms with Gasteiger partial charge in [0.2, 0.25) is 0 Å². The molecule has 0 amide bonds. The monoisotopic (exact) mass is 344 g/mol. The van der Waals surface area contributed by atoms with Crippen LogP contribution in [0.3, 0.4) is 0 Å². The third kappa shape index (κ3) is 4.41. The number of hydrogen-bond donors (Lipinski definition) is 0. The number of rotatable bonds is 4. The van der Waals surface area contributed by atoms with Gasteiger partial charge >= 0.3 is 0 Å². The standard InChI is InChI=1S/C24H24O2/c1-25-21-15-11-19(12-16-21)23-9-7-5-3-4-6-8-10-24(23)20-13-17-22(26-2)18-14-20/h11-18,23-24H,3-6H2,1-2H3. The smallest absolute Gasteiger partial charge is 0.118 e. The summed E-state index contributed by atoms with van der Waals surface area (Å²) >= 11 is 0. The van der Waals surface area contributed by atoms with Crippen LogP contribution in [0, 0.1) is 23.7 Å². The molecule has 0 spiro atoms. The molecule has 0 fully saturated rings. The Bertz CT molecular complexity index is 753. The molecular formula is C24H24O2. The van der Waals surface area contributed by atoms with Gasteiger partial charge in [-0.15, -0.1) is 11.8 Å². The van der Waals surface area contributed by atoms with Gasteiger partial charge in [-0.05, 0) is 48.2 Å². The van der Waals surface area contributed by atoms with E-state index in [0.717, 1.165) is 37.2 Å². The molecule has 2 nitrogen and oxygen atoms in total. The first-order valence-corrected chi connectivity index (χ1v) is 9.06. The van der Waals surface area contributed by atoms with Crippen molar-refractivity contribution in [3.05, 3.63) is 59.7 Å². The fraction of sp³-hybridized carbons (Fsp3) is 0.333. The lowest BCUT2D eigenvalue weighted by Gasteiger charge is -2.20. The van der Waals surface area contributed by atoms with Gasteiger partial charge in [-0.1, -0.05) is 36.1 Å². The van der Waals surface area contributed by atoms with Crippen molar-refractivity contribution in [3.8, 4) is 35.2 Å². The molecule has 0 N–H and O–H groups in total. The highest BCUT2D eigenvalue weighted by molar-refractivity contribution is 5.43. The van der Waals surface area contributed by atoms with Crippen LogP contribution in [0.5, 0.6) is 11.5 Å². The molecule has 0 aliphatic heterocycles. The number of benzene rings is 2. The van der Waals surface area contributed by atoms with Gasteiger partial charge in [-0.25, -0.2) is 0 Å². The Morgan fingerprint density at radius 2 is 1.04 bits per heavy atom. The lowest BCUT2D eigenvalue weighted by atomic mass is 9.81. The maximum Gasteiger partial charge on any atom is 0.118 e. The van der Waals surface area contributed by atoms with Gasteiger partial charge < -0.3 is 9.47 Å². The molecule has 1 aliphatic rings. The summed E-state index contributed by atoms with van der Waals surface area (Å²) in [5, 5.41) is 0. The summed E-state index contributed by atoms with van der Waals surface area (Å²) in [6, 6.07) is 16.4. The molecule has 132 valence electrons. The number of ether oxygens (including phenoxy) is 2. The van der Waals surface area contributed by atoms with E-state index in [2.05, 4.69) is 47.9 Å². The molecule has 3 rings (SSSR count). The minimum atomic E-state index is 0.0416. The van der Waals surface area contributed by atoms with Crippen molar-refractivity contribution in [2.45, 2.75) is 37.5 Å². The molecule has 0 saturated carbocycles. The SMILES string of the molecule is COc1ccc(C2C#CCCCCC#CC2c2ccc(OC)cc2)cc1. The largest absolute Gasteiger partial charge is 0.497 e. The maximum atomic E-state index is 5.30. The van der Waals surface area contributed by atoms with Crippen LogP contribution in [-0.2, 0) is 0 Å². The van der Waals surface area contributed by atoms with E-state index >= 15 is 0 Å². The Balaban J connectivity index is 2.01. The summed E-state index contributed by atoms with van der Waals surface area (Å²) in [6.07, 6.45) is 4.10. The van der Waals surface area contributed by atoms with Crippen molar-refractivity contribution >= 4 is 0 Å². The average Bonchev–Trinajstić information content (AvgIpc) is 2.71. The molecule has 2 atom stereocenters. The van der Waals surface area contributed by atoms with Crippen LogP contribution in [-0.4, -0.2) is 14.2 Å². The normalized spacial score (nSPS) is 19.3. The van der Waals surface area contributed by atoms with E-state index in [1.54, 1.807) is 14.2 Å². The van der Waals surface area contributed by atoms with Crippen molar-refractivity contribution in [3.63, 3.8) is 0 Å². The van der Waals surface area contributed by atoms with Crippen molar-refractivity contribution in [2.24, 2.45) is 0 Å². The van der Waals surface area contributed by atoms with Gasteiger partial charge in [-0.2, -0.15) is 0 Å². The fourth-order valence-corrected chi connectivity index (χ4v) is 3.13. The van der Waals surface area contributed by atoms with E-state index < -0.39 is 0 Å². The fourth-order valence-electron chi connectivity index (χ4n) is 3.13. The van der Waals surface area contributed by atoms with Gasteiger partial charge in [0.25, 0.3) is 0 Å². The predicted molar refractivity (Wildman–Crippen MR) is 105 cm³/mol. The number of methoxy groups -OCH3 is 2. The first-order chi connectivity index (χ1) is 12.8. The molecule has 26 heavy (non-hydrogen) atoms. The van der Waals surface area contributed by atoms with Crippen molar-refractivity contribution in [1.29, 1.82) is 0 Å². The Morgan fingerprint density at radius 1 is 0.654 bits per heavy atom. The van der Waals surface area contributed by atoms with E-state index in [0.29, 0.717) is 0 Å². The molecule has 2 unspecified atom stereocenters. The van der Waals surface area contributed by atoms with E-state index in [1.165, 1.54) is 11.1 Å². The summed E-state index contributed by atoms with van der Waals surface area (Å²) < 4.78 is 10.6.